The summed E-state index contributed by atoms with van der Waals surface area (Å²) in [7, 11) is 0. The number of H-pyrrole nitrogens is 1. The molecule has 1 aromatic rings. The Bertz CT molecular complexity index is 342. The van der Waals surface area contributed by atoms with E-state index in [9.17, 15) is 10.0 Å². The predicted molar refractivity (Wildman–Crippen MR) is 46.7 cm³/mol. The van der Waals surface area contributed by atoms with E-state index in [1.165, 1.54) is 0 Å². The van der Waals surface area contributed by atoms with Gasteiger partial charge in [0, 0.05) is 11.4 Å². The molecule has 0 aromatic carbocycles. The Morgan fingerprint density at radius 3 is 3.25 bits per heavy atom. The van der Waals surface area contributed by atoms with E-state index in [-0.39, 0.29) is 0 Å². The predicted octanol–water partition coefficient (Wildman–Crippen LogP) is 0.593. The van der Waals surface area contributed by atoms with Crippen molar-refractivity contribution in [1.82, 2.24) is 9.71 Å². The number of hydrogen-bond acceptors (Lipinski definition) is 3. The lowest BCUT2D eigenvalue weighted by atomic mass is 10.2. The zero-order valence-corrected chi connectivity index (χ0v) is 7.36. The number of aromatic nitrogens is 2. The van der Waals surface area contributed by atoms with Crippen LogP contribution in [0.3, 0.4) is 0 Å². The SMILES string of the molecule is O=c1[nH]c2c(n1O)CSCCC2. The number of nitrogens with one attached hydrogen (secondary N) is 1. The third-order valence-electron chi connectivity index (χ3n) is 2.01. The average Bonchev–Trinajstić information content (AvgIpc) is 2.30. The molecule has 0 saturated carbocycles. The standard InChI is InChI=1S/C7H10N2O2S/c10-7-8-5-2-1-3-12-4-6(5)9(7)11/h11H,1-4H2,(H,8,10). The molecule has 0 aliphatic carbocycles. The van der Waals surface area contributed by atoms with Crippen LogP contribution >= 0.6 is 11.8 Å². The van der Waals surface area contributed by atoms with E-state index in [4.69, 9.17) is 0 Å². The molecule has 12 heavy (non-hydrogen) atoms. The first kappa shape index (κ1) is 7.79. The molecule has 0 unspecified atom stereocenters. The number of aromatic amines is 1. The maximum Gasteiger partial charge on any atom is 0.358 e. The Kier molecular flexibility index (Phi) is 1.88. The molecular formula is C7H10N2O2S. The Morgan fingerprint density at radius 1 is 1.58 bits per heavy atom. The normalized spacial score (nSPS) is 17.0. The molecule has 66 valence electrons. The zero-order valence-electron chi connectivity index (χ0n) is 6.54. The summed E-state index contributed by atoms with van der Waals surface area (Å²) >= 11 is 1.75. The second-order valence-corrected chi connectivity index (χ2v) is 3.93. The van der Waals surface area contributed by atoms with Crippen molar-refractivity contribution in [2.24, 2.45) is 0 Å². The smallest absolute Gasteiger partial charge is 0.358 e. The second kappa shape index (κ2) is 2.90. The molecule has 0 saturated heterocycles. The van der Waals surface area contributed by atoms with Gasteiger partial charge in [0.1, 0.15) is 0 Å². The Morgan fingerprint density at radius 2 is 2.42 bits per heavy atom. The van der Waals surface area contributed by atoms with Crippen LogP contribution in [0.5, 0.6) is 0 Å². The molecule has 5 heteroatoms. The minimum atomic E-state index is -0.414. The van der Waals surface area contributed by atoms with Crippen molar-refractivity contribution in [3.05, 3.63) is 21.9 Å². The lowest BCUT2D eigenvalue weighted by Crippen LogP contribution is -2.15. The van der Waals surface area contributed by atoms with Crippen LogP contribution in [-0.2, 0) is 12.2 Å². The molecule has 2 heterocycles. The van der Waals surface area contributed by atoms with E-state index in [2.05, 4.69) is 4.98 Å². The van der Waals surface area contributed by atoms with Gasteiger partial charge in [0.25, 0.3) is 0 Å². The van der Waals surface area contributed by atoms with Crippen molar-refractivity contribution < 1.29 is 5.21 Å². The fourth-order valence-corrected chi connectivity index (χ4v) is 2.36. The third-order valence-corrected chi connectivity index (χ3v) is 3.06. The van der Waals surface area contributed by atoms with Crippen molar-refractivity contribution in [3.63, 3.8) is 0 Å². The number of imidazole rings is 1. The minimum absolute atomic E-state index is 0.414. The number of thioether (sulfide) groups is 1. The molecule has 0 fully saturated rings. The van der Waals surface area contributed by atoms with Gasteiger partial charge in [-0.2, -0.15) is 11.8 Å². The van der Waals surface area contributed by atoms with E-state index < -0.39 is 5.69 Å². The molecule has 4 nitrogen and oxygen atoms in total. The third kappa shape index (κ3) is 1.14. The van der Waals surface area contributed by atoms with Gasteiger partial charge in [-0.05, 0) is 18.6 Å². The lowest BCUT2D eigenvalue weighted by Gasteiger charge is -1.96. The molecule has 1 aliphatic rings. The highest BCUT2D eigenvalue weighted by atomic mass is 32.2. The van der Waals surface area contributed by atoms with Crippen LogP contribution in [0.4, 0.5) is 0 Å². The number of hydrogen-bond donors (Lipinski definition) is 2. The van der Waals surface area contributed by atoms with Gasteiger partial charge in [0.05, 0.1) is 5.69 Å². The highest BCUT2D eigenvalue weighted by molar-refractivity contribution is 7.98. The number of aryl methyl sites for hydroxylation is 1. The zero-order chi connectivity index (χ0) is 8.55. The fourth-order valence-electron chi connectivity index (χ4n) is 1.38. The molecule has 1 aromatic heterocycles. The van der Waals surface area contributed by atoms with Gasteiger partial charge >= 0.3 is 5.69 Å². The quantitative estimate of drug-likeness (QED) is 0.583. The largest absolute Gasteiger partial charge is 0.424 e. The van der Waals surface area contributed by atoms with E-state index in [1.54, 1.807) is 11.8 Å². The van der Waals surface area contributed by atoms with Gasteiger partial charge in [-0.1, -0.05) is 0 Å². The fraction of sp³-hybridized carbons (Fsp3) is 0.571. The highest BCUT2D eigenvalue weighted by Crippen LogP contribution is 2.20. The Balaban J connectivity index is 2.49. The number of nitrogens with zero attached hydrogens (tertiary/aromatic N) is 1. The molecule has 0 amide bonds. The van der Waals surface area contributed by atoms with Crippen LogP contribution in [0.25, 0.3) is 0 Å². The van der Waals surface area contributed by atoms with Crippen LogP contribution in [0.15, 0.2) is 4.79 Å². The van der Waals surface area contributed by atoms with Crippen LogP contribution in [0.2, 0.25) is 0 Å². The van der Waals surface area contributed by atoms with E-state index >= 15 is 0 Å². The maximum absolute atomic E-state index is 11.0. The van der Waals surface area contributed by atoms with Gasteiger partial charge in [-0.25, -0.2) is 4.79 Å². The van der Waals surface area contributed by atoms with Gasteiger partial charge in [0.15, 0.2) is 0 Å². The summed E-state index contributed by atoms with van der Waals surface area (Å²) < 4.78 is 0.730. The summed E-state index contributed by atoms with van der Waals surface area (Å²) in [5.41, 5.74) is 1.22. The van der Waals surface area contributed by atoms with E-state index in [0.717, 1.165) is 40.5 Å². The number of fused-ring (bicyclic) bond motifs is 1. The molecule has 0 spiro atoms. The first-order valence-electron chi connectivity index (χ1n) is 3.89. The van der Waals surface area contributed by atoms with Crippen LogP contribution in [0.1, 0.15) is 17.8 Å². The van der Waals surface area contributed by atoms with Crippen molar-refractivity contribution >= 4 is 11.8 Å². The Hall–Kier alpha value is -0.840. The van der Waals surface area contributed by atoms with E-state index in [1.807, 2.05) is 0 Å². The van der Waals surface area contributed by atoms with Gasteiger partial charge in [0.2, 0.25) is 0 Å². The van der Waals surface area contributed by atoms with Crippen molar-refractivity contribution in [2.45, 2.75) is 18.6 Å². The summed E-state index contributed by atoms with van der Waals surface area (Å²) in [5, 5.41) is 9.27. The topological polar surface area (TPSA) is 58.0 Å². The van der Waals surface area contributed by atoms with Crippen molar-refractivity contribution in [2.75, 3.05) is 5.75 Å². The minimum Gasteiger partial charge on any atom is -0.424 e. The Labute approximate surface area is 73.6 Å². The van der Waals surface area contributed by atoms with Crippen LogP contribution < -0.4 is 5.69 Å². The number of rotatable bonds is 0. The first-order valence-corrected chi connectivity index (χ1v) is 5.04. The average molecular weight is 186 g/mol. The highest BCUT2D eigenvalue weighted by Gasteiger charge is 2.15. The summed E-state index contributed by atoms with van der Waals surface area (Å²) in [6, 6.07) is 0. The van der Waals surface area contributed by atoms with Crippen LogP contribution in [0, 0.1) is 0 Å². The van der Waals surface area contributed by atoms with Crippen LogP contribution in [-0.4, -0.2) is 20.7 Å². The van der Waals surface area contributed by atoms with Crippen molar-refractivity contribution in [3.8, 4) is 0 Å². The molecule has 1 aliphatic heterocycles. The van der Waals surface area contributed by atoms with Gasteiger partial charge in [-0.15, -0.1) is 4.73 Å². The molecule has 2 rings (SSSR count). The maximum atomic E-state index is 11.0. The molecule has 0 bridgehead atoms. The van der Waals surface area contributed by atoms with E-state index in [0.29, 0.717) is 0 Å². The first-order chi connectivity index (χ1) is 5.79. The van der Waals surface area contributed by atoms with Crippen molar-refractivity contribution in [1.29, 1.82) is 0 Å². The summed E-state index contributed by atoms with van der Waals surface area (Å²) in [4.78, 5) is 13.6. The molecule has 0 atom stereocenters. The summed E-state index contributed by atoms with van der Waals surface area (Å²) in [6.45, 7) is 0. The molecule has 2 N–H and O–H groups in total. The second-order valence-electron chi connectivity index (χ2n) is 2.82. The van der Waals surface area contributed by atoms with Gasteiger partial charge < -0.3 is 10.2 Å². The van der Waals surface area contributed by atoms with Gasteiger partial charge in [-0.3, -0.25) is 0 Å². The monoisotopic (exact) mass is 186 g/mol. The molecule has 0 radical (unpaired) electrons. The lowest BCUT2D eigenvalue weighted by molar-refractivity contribution is 0.169. The summed E-state index contributed by atoms with van der Waals surface area (Å²) in [6.07, 6.45) is 1.93. The summed E-state index contributed by atoms with van der Waals surface area (Å²) in [5.74, 6) is 1.82. The molecular weight excluding hydrogens is 176 g/mol.